The van der Waals surface area contributed by atoms with E-state index in [1.807, 2.05) is 54.6 Å². The van der Waals surface area contributed by atoms with Gasteiger partial charge in [-0.3, -0.25) is 9.59 Å². The van der Waals surface area contributed by atoms with Crippen molar-refractivity contribution in [1.29, 1.82) is 0 Å². The van der Waals surface area contributed by atoms with Crippen LogP contribution in [0.15, 0.2) is 94.7 Å². The number of benzene rings is 4. The number of hydrogen-bond acceptors (Lipinski definition) is 6. The molecule has 0 aliphatic carbocycles. The van der Waals surface area contributed by atoms with Gasteiger partial charge in [-0.15, -0.1) is 0 Å². The van der Waals surface area contributed by atoms with E-state index < -0.39 is 12.2 Å². The Hall–Kier alpha value is -4.23. The molecule has 0 aromatic heterocycles. The van der Waals surface area contributed by atoms with Crippen molar-refractivity contribution in [1.82, 2.24) is 5.32 Å². The van der Waals surface area contributed by atoms with Gasteiger partial charge >= 0.3 is 5.97 Å². The Morgan fingerprint density at radius 2 is 1.55 bits per heavy atom. The van der Waals surface area contributed by atoms with Crippen molar-refractivity contribution in [2.75, 3.05) is 0 Å². The molecule has 0 radical (unpaired) electrons. The molecule has 1 amide bonds. The average Bonchev–Trinajstić information content (AvgIpc) is 3.37. The second-order valence-corrected chi connectivity index (χ2v) is 12.3. The maximum atomic E-state index is 13.0. The van der Waals surface area contributed by atoms with E-state index in [0.29, 0.717) is 29.9 Å². The highest BCUT2D eigenvalue weighted by atomic mass is 32.2. The number of nitrogens with one attached hydrogen (secondary N) is 1. The Kier molecular flexibility index (Phi) is 8.59. The second-order valence-electron chi connectivity index (χ2n) is 11.2. The van der Waals surface area contributed by atoms with Crippen LogP contribution in [-0.4, -0.2) is 23.2 Å². The Morgan fingerprint density at radius 3 is 2.19 bits per heavy atom. The molecule has 1 aliphatic rings. The van der Waals surface area contributed by atoms with Crippen LogP contribution in [0.3, 0.4) is 0 Å². The van der Waals surface area contributed by atoms with E-state index in [9.17, 15) is 14.7 Å². The Balaban J connectivity index is 1.39. The highest BCUT2D eigenvalue weighted by Gasteiger charge is 2.27. The first-order valence-corrected chi connectivity index (χ1v) is 14.8. The van der Waals surface area contributed by atoms with Crippen molar-refractivity contribution in [3.8, 4) is 17.2 Å². The number of carbonyl (C=O) groups is 2. The van der Waals surface area contributed by atoms with Crippen molar-refractivity contribution in [3.63, 3.8) is 0 Å². The van der Waals surface area contributed by atoms with E-state index in [0.717, 1.165) is 15.4 Å². The van der Waals surface area contributed by atoms with Gasteiger partial charge < -0.3 is 19.9 Å². The molecule has 2 N–H and O–H groups in total. The molecular formula is C35H35NO5S. The van der Waals surface area contributed by atoms with E-state index in [-0.39, 0.29) is 23.5 Å². The predicted molar refractivity (Wildman–Crippen MR) is 164 cm³/mol. The predicted octanol–water partition coefficient (Wildman–Crippen LogP) is 7.60. The Labute approximate surface area is 251 Å². The minimum absolute atomic E-state index is 0.00728. The number of amides is 1. The van der Waals surface area contributed by atoms with Gasteiger partial charge in [0.1, 0.15) is 17.2 Å². The molecule has 1 heterocycles. The number of phenolic OH excluding ortho intramolecular Hbond substituents is 1. The first kappa shape index (κ1) is 29.3. The van der Waals surface area contributed by atoms with Crippen molar-refractivity contribution < 1.29 is 24.2 Å². The topological polar surface area (TPSA) is 84.9 Å². The lowest BCUT2D eigenvalue weighted by molar-refractivity contribution is -0.149. The lowest BCUT2D eigenvalue weighted by atomic mass is 9.76. The zero-order chi connectivity index (χ0) is 29.9. The minimum Gasteiger partial charge on any atom is -0.508 e. The summed E-state index contributed by atoms with van der Waals surface area (Å²) in [6, 6.07) is 27.3. The van der Waals surface area contributed by atoms with Crippen LogP contribution in [-0.2, 0) is 26.2 Å². The molecule has 42 heavy (non-hydrogen) atoms. The molecule has 6 nitrogen and oxygen atoms in total. The summed E-state index contributed by atoms with van der Waals surface area (Å²) < 4.78 is 11.9. The van der Waals surface area contributed by atoms with Crippen LogP contribution in [0.4, 0.5) is 0 Å². The quantitative estimate of drug-likeness (QED) is 0.198. The van der Waals surface area contributed by atoms with Crippen LogP contribution < -0.4 is 10.1 Å². The number of aromatic hydroxyl groups is 1. The highest BCUT2D eigenvalue weighted by molar-refractivity contribution is 7.99. The van der Waals surface area contributed by atoms with Gasteiger partial charge in [-0.1, -0.05) is 55.9 Å². The molecule has 1 fully saturated rings. The monoisotopic (exact) mass is 581 g/mol. The van der Waals surface area contributed by atoms with Crippen LogP contribution in [0, 0.1) is 13.8 Å². The number of rotatable bonds is 9. The van der Waals surface area contributed by atoms with E-state index in [1.165, 1.54) is 16.7 Å². The summed E-state index contributed by atoms with van der Waals surface area (Å²) in [5.74, 6) is 0.916. The van der Waals surface area contributed by atoms with Gasteiger partial charge in [0.15, 0.2) is 6.23 Å². The highest BCUT2D eigenvalue weighted by Crippen LogP contribution is 2.37. The van der Waals surface area contributed by atoms with Crippen molar-refractivity contribution in [2.45, 2.75) is 68.4 Å². The number of ether oxygens (including phenoxy) is 2. The maximum absolute atomic E-state index is 13.0. The Bertz CT molecular complexity index is 1600. The summed E-state index contributed by atoms with van der Waals surface area (Å²) in [6.07, 6.45) is 0.242. The fourth-order valence-corrected chi connectivity index (χ4v) is 5.70. The standard InChI is InChI=1S/C35H35NO5S/c1-22-5-6-25(19-23(22)2)35(3,4)26-7-16-31(24(20-26)21-34(39)41-33-18-17-32(38)36-33)40-28-10-14-30(15-11-28)42-29-12-8-27(37)9-13-29/h5-16,19-20,33,37H,17-18,21H2,1-4H3,(H,36,38). The molecule has 5 rings (SSSR count). The summed E-state index contributed by atoms with van der Waals surface area (Å²) in [5.41, 5.74) is 5.10. The zero-order valence-electron chi connectivity index (χ0n) is 24.3. The number of hydrogen-bond donors (Lipinski definition) is 2. The summed E-state index contributed by atoms with van der Waals surface area (Å²) in [4.78, 5) is 26.6. The number of phenols is 1. The molecule has 1 unspecified atom stereocenters. The van der Waals surface area contributed by atoms with Gasteiger partial charge in [-0.05, 0) is 90.7 Å². The molecule has 216 valence electrons. The van der Waals surface area contributed by atoms with Crippen molar-refractivity contribution >= 4 is 23.6 Å². The van der Waals surface area contributed by atoms with E-state index >= 15 is 0 Å². The van der Waals surface area contributed by atoms with Gasteiger partial charge in [0.05, 0.1) is 6.42 Å². The van der Waals surface area contributed by atoms with E-state index in [2.05, 4.69) is 51.2 Å². The van der Waals surface area contributed by atoms with E-state index in [1.54, 1.807) is 23.9 Å². The van der Waals surface area contributed by atoms with Crippen LogP contribution >= 0.6 is 11.8 Å². The molecule has 4 aromatic rings. The van der Waals surface area contributed by atoms with Crippen LogP contribution in [0.5, 0.6) is 17.2 Å². The zero-order valence-corrected chi connectivity index (χ0v) is 25.1. The van der Waals surface area contributed by atoms with Crippen molar-refractivity contribution in [3.05, 3.63) is 113 Å². The smallest absolute Gasteiger partial charge is 0.312 e. The van der Waals surface area contributed by atoms with E-state index in [4.69, 9.17) is 9.47 Å². The molecule has 7 heteroatoms. The third-order valence-electron chi connectivity index (χ3n) is 7.70. The molecule has 4 aromatic carbocycles. The second kappa shape index (κ2) is 12.3. The number of carbonyl (C=O) groups excluding carboxylic acids is 2. The number of esters is 1. The van der Waals surface area contributed by atoms with Crippen LogP contribution in [0.1, 0.15) is 54.5 Å². The normalized spacial score (nSPS) is 14.9. The van der Waals surface area contributed by atoms with Gasteiger partial charge in [0, 0.05) is 33.6 Å². The summed E-state index contributed by atoms with van der Waals surface area (Å²) in [6.45, 7) is 8.57. The molecule has 1 saturated heterocycles. The maximum Gasteiger partial charge on any atom is 0.312 e. The van der Waals surface area contributed by atoms with Crippen LogP contribution in [0.2, 0.25) is 0 Å². The van der Waals surface area contributed by atoms with Gasteiger partial charge in [0.2, 0.25) is 5.91 Å². The van der Waals surface area contributed by atoms with Gasteiger partial charge in [0.25, 0.3) is 0 Å². The molecule has 1 atom stereocenters. The number of aryl methyl sites for hydroxylation is 2. The summed E-state index contributed by atoms with van der Waals surface area (Å²) in [5, 5.41) is 12.2. The average molecular weight is 582 g/mol. The fraction of sp³-hybridized carbons (Fsp3) is 0.257. The first-order chi connectivity index (χ1) is 20.1. The minimum atomic E-state index is -0.594. The SMILES string of the molecule is Cc1ccc(C(C)(C)c2ccc(Oc3ccc(Sc4ccc(O)cc4)cc3)c(CC(=O)OC3CCC(=O)N3)c2)cc1C. The molecule has 1 aliphatic heterocycles. The Morgan fingerprint density at radius 1 is 0.905 bits per heavy atom. The lowest BCUT2D eigenvalue weighted by Crippen LogP contribution is -2.30. The molecule has 0 saturated carbocycles. The third-order valence-corrected chi connectivity index (χ3v) is 8.71. The van der Waals surface area contributed by atoms with Crippen LogP contribution in [0.25, 0.3) is 0 Å². The largest absolute Gasteiger partial charge is 0.508 e. The lowest BCUT2D eigenvalue weighted by Gasteiger charge is -2.28. The third kappa shape index (κ3) is 6.97. The summed E-state index contributed by atoms with van der Waals surface area (Å²) in [7, 11) is 0. The molecular weight excluding hydrogens is 546 g/mol. The summed E-state index contributed by atoms with van der Waals surface area (Å²) >= 11 is 1.58. The van der Waals surface area contributed by atoms with Gasteiger partial charge in [-0.25, -0.2) is 0 Å². The molecule has 0 bridgehead atoms. The molecule has 0 spiro atoms. The van der Waals surface area contributed by atoms with Crippen molar-refractivity contribution in [2.24, 2.45) is 0 Å². The fourth-order valence-electron chi connectivity index (χ4n) is 4.89. The van der Waals surface area contributed by atoms with Gasteiger partial charge in [-0.2, -0.15) is 0 Å². The first-order valence-electron chi connectivity index (χ1n) is 14.0.